The summed E-state index contributed by atoms with van der Waals surface area (Å²) in [5.41, 5.74) is 1.75. The lowest BCUT2D eigenvalue weighted by atomic mass is 9.80. The molecule has 1 unspecified atom stereocenters. The predicted octanol–water partition coefficient (Wildman–Crippen LogP) is 5.98. The largest absolute Gasteiger partial charge is 0.453 e. The molecule has 0 spiro atoms. The van der Waals surface area contributed by atoms with Gasteiger partial charge in [-0.05, 0) is 61.2 Å². The SMILES string of the molecule is COC(=O)NC1(c2ccccc2)CCN(CCC(CN(C)C(=O)c2ccccc2)c2ccc(F)c(F)c2)CC1.Cl. The van der Waals surface area contributed by atoms with Crippen LogP contribution in [0.1, 0.15) is 46.7 Å². The van der Waals surface area contributed by atoms with E-state index in [2.05, 4.69) is 10.2 Å². The van der Waals surface area contributed by atoms with Gasteiger partial charge >= 0.3 is 6.09 Å². The van der Waals surface area contributed by atoms with Crippen LogP contribution in [0.25, 0.3) is 0 Å². The topological polar surface area (TPSA) is 61.9 Å². The van der Waals surface area contributed by atoms with Crippen LogP contribution < -0.4 is 5.32 Å². The zero-order valence-corrected chi connectivity index (χ0v) is 23.6. The Kier molecular flexibility index (Phi) is 11.0. The summed E-state index contributed by atoms with van der Waals surface area (Å²) < 4.78 is 32.8. The van der Waals surface area contributed by atoms with Crippen molar-refractivity contribution in [3.8, 4) is 0 Å². The normalized spacial score (nSPS) is 15.4. The third kappa shape index (κ3) is 7.58. The number of piperidine rings is 1. The number of likely N-dealkylation sites (N-methyl/N-ethyl adjacent to an activating group) is 1. The highest BCUT2D eigenvalue weighted by atomic mass is 35.5. The third-order valence-corrected chi connectivity index (χ3v) is 7.63. The first kappa shape index (κ1) is 31.0. The van der Waals surface area contributed by atoms with E-state index in [1.165, 1.54) is 13.2 Å². The number of amides is 2. The van der Waals surface area contributed by atoms with E-state index in [0.29, 0.717) is 43.5 Å². The Bertz CT molecular complexity index is 1260. The van der Waals surface area contributed by atoms with Gasteiger partial charge in [-0.25, -0.2) is 13.6 Å². The Morgan fingerprint density at radius 1 is 0.975 bits per heavy atom. The zero-order valence-electron chi connectivity index (χ0n) is 22.8. The summed E-state index contributed by atoms with van der Waals surface area (Å²) in [7, 11) is 3.09. The average molecular weight is 572 g/mol. The standard InChI is InChI=1S/C31H35F2N3O3.ClH/c1-35(29(37)23-9-5-3-6-10-23)22-25(24-13-14-27(32)28(33)21-24)15-18-36-19-16-31(17-20-36,34-30(38)39-2)26-11-7-4-8-12-26;/h3-14,21,25H,15-20,22H2,1-2H3,(H,34,38);1H. The van der Waals surface area contributed by atoms with Crippen LogP contribution in [0.2, 0.25) is 0 Å². The smallest absolute Gasteiger partial charge is 0.407 e. The van der Waals surface area contributed by atoms with Gasteiger partial charge in [0.15, 0.2) is 11.6 Å². The number of hydrogen-bond acceptors (Lipinski definition) is 4. The molecule has 1 atom stereocenters. The van der Waals surface area contributed by atoms with Gasteiger partial charge in [-0.15, -0.1) is 12.4 Å². The van der Waals surface area contributed by atoms with Crippen LogP contribution in [0.5, 0.6) is 0 Å². The highest BCUT2D eigenvalue weighted by molar-refractivity contribution is 5.94. The number of benzene rings is 3. The summed E-state index contributed by atoms with van der Waals surface area (Å²) in [4.78, 5) is 29.1. The Morgan fingerprint density at radius 3 is 2.20 bits per heavy atom. The van der Waals surface area contributed by atoms with E-state index >= 15 is 0 Å². The first-order chi connectivity index (χ1) is 18.8. The second kappa shape index (κ2) is 14.2. The van der Waals surface area contributed by atoms with Gasteiger partial charge in [0.25, 0.3) is 5.91 Å². The number of nitrogens with zero attached hydrogens (tertiary/aromatic N) is 2. The fourth-order valence-electron chi connectivity index (χ4n) is 5.33. The average Bonchev–Trinajstić information content (AvgIpc) is 2.97. The van der Waals surface area contributed by atoms with E-state index in [4.69, 9.17) is 4.74 Å². The van der Waals surface area contributed by atoms with E-state index < -0.39 is 23.3 Å². The molecule has 1 heterocycles. The van der Waals surface area contributed by atoms with Crippen molar-refractivity contribution in [1.29, 1.82) is 0 Å². The fraction of sp³-hybridized carbons (Fsp3) is 0.355. The molecule has 6 nitrogen and oxygen atoms in total. The van der Waals surface area contributed by atoms with Gasteiger partial charge < -0.3 is 19.9 Å². The van der Waals surface area contributed by atoms with Crippen molar-refractivity contribution in [2.24, 2.45) is 0 Å². The molecule has 3 aromatic carbocycles. The van der Waals surface area contributed by atoms with E-state index in [-0.39, 0.29) is 24.2 Å². The van der Waals surface area contributed by atoms with Crippen LogP contribution in [0.4, 0.5) is 13.6 Å². The fourth-order valence-corrected chi connectivity index (χ4v) is 5.33. The molecular formula is C31H36ClF2N3O3. The molecule has 0 radical (unpaired) electrons. The molecule has 9 heteroatoms. The van der Waals surface area contributed by atoms with Gasteiger partial charge in [-0.2, -0.15) is 0 Å². The zero-order chi connectivity index (χ0) is 27.8. The molecule has 1 saturated heterocycles. The first-order valence-corrected chi connectivity index (χ1v) is 13.2. The van der Waals surface area contributed by atoms with Crippen LogP contribution in [-0.4, -0.2) is 62.1 Å². The van der Waals surface area contributed by atoms with Gasteiger partial charge in [0.2, 0.25) is 0 Å². The van der Waals surface area contributed by atoms with E-state index in [1.807, 2.05) is 48.5 Å². The molecule has 4 rings (SSSR count). The number of likely N-dealkylation sites (tertiary alicyclic amines) is 1. The molecule has 2 amide bonds. The first-order valence-electron chi connectivity index (χ1n) is 13.2. The highest BCUT2D eigenvalue weighted by Crippen LogP contribution is 2.34. The molecule has 1 fully saturated rings. The van der Waals surface area contributed by atoms with Crippen LogP contribution in [0, 0.1) is 11.6 Å². The van der Waals surface area contributed by atoms with E-state index in [9.17, 15) is 18.4 Å². The molecule has 40 heavy (non-hydrogen) atoms. The minimum Gasteiger partial charge on any atom is -0.453 e. The lowest BCUT2D eigenvalue weighted by Gasteiger charge is -2.42. The quantitative estimate of drug-likeness (QED) is 0.343. The molecule has 214 valence electrons. The minimum atomic E-state index is -0.894. The van der Waals surface area contributed by atoms with Gasteiger partial charge in [0, 0.05) is 38.2 Å². The van der Waals surface area contributed by atoms with Crippen molar-refractivity contribution in [1.82, 2.24) is 15.1 Å². The molecule has 1 aliphatic heterocycles. The summed E-state index contributed by atoms with van der Waals surface area (Å²) in [5.74, 6) is -2.10. The maximum absolute atomic E-state index is 14.2. The predicted molar refractivity (Wildman–Crippen MR) is 154 cm³/mol. The summed E-state index contributed by atoms with van der Waals surface area (Å²) in [5, 5.41) is 3.07. The highest BCUT2D eigenvalue weighted by Gasteiger charge is 2.38. The Morgan fingerprint density at radius 2 is 1.60 bits per heavy atom. The maximum atomic E-state index is 14.2. The van der Waals surface area contributed by atoms with Crippen LogP contribution in [0.15, 0.2) is 78.9 Å². The molecule has 0 bridgehead atoms. The molecule has 1 aliphatic rings. The van der Waals surface area contributed by atoms with Gasteiger partial charge in [-0.3, -0.25) is 4.79 Å². The van der Waals surface area contributed by atoms with E-state index in [1.54, 1.807) is 30.1 Å². The number of methoxy groups -OCH3 is 1. The number of carbonyl (C=O) groups is 2. The number of alkyl carbamates (subject to hydrolysis) is 1. The van der Waals surface area contributed by atoms with Crippen LogP contribution in [-0.2, 0) is 10.3 Å². The maximum Gasteiger partial charge on any atom is 0.407 e. The Hall–Kier alpha value is -3.49. The van der Waals surface area contributed by atoms with Crippen LogP contribution in [0.3, 0.4) is 0 Å². The van der Waals surface area contributed by atoms with Crippen molar-refractivity contribution in [3.05, 3.63) is 107 Å². The Labute approximate surface area is 240 Å². The summed E-state index contributed by atoms with van der Waals surface area (Å²) in [6.45, 7) is 2.55. The molecule has 3 aromatic rings. The summed E-state index contributed by atoms with van der Waals surface area (Å²) in [6, 6.07) is 22.9. The van der Waals surface area contributed by atoms with Crippen molar-refractivity contribution in [3.63, 3.8) is 0 Å². The Balaban J connectivity index is 0.00000441. The lowest BCUT2D eigenvalue weighted by Crippen LogP contribution is -2.53. The van der Waals surface area contributed by atoms with Gasteiger partial charge in [0.05, 0.1) is 12.6 Å². The third-order valence-electron chi connectivity index (χ3n) is 7.63. The second-order valence-electron chi connectivity index (χ2n) is 10.1. The molecular weight excluding hydrogens is 536 g/mol. The summed E-state index contributed by atoms with van der Waals surface area (Å²) >= 11 is 0. The summed E-state index contributed by atoms with van der Waals surface area (Å²) in [6.07, 6.45) is 1.60. The van der Waals surface area contributed by atoms with Gasteiger partial charge in [0.1, 0.15) is 0 Å². The van der Waals surface area contributed by atoms with Crippen molar-refractivity contribution >= 4 is 24.4 Å². The van der Waals surface area contributed by atoms with Gasteiger partial charge in [-0.1, -0.05) is 54.6 Å². The number of hydrogen-bond donors (Lipinski definition) is 1. The van der Waals surface area contributed by atoms with Crippen molar-refractivity contribution < 1.29 is 23.1 Å². The van der Waals surface area contributed by atoms with Crippen LogP contribution >= 0.6 is 12.4 Å². The van der Waals surface area contributed by atoms with Crippen molar-refractivity contribution in [2.75, 3.05) is 40.3 Å². The molecule has 0 aromatic heterocycles. The number of carbonyl (C=O) groups excluding carboxylic acids is 2. The number of halogens is 3. The minimum absolute atomic E-state index is 0. The number of nitrogens with one attached hydrogen (secondary N) is 1. The monoisotopic (exact) mass is 571 g/mol. The number of rotatable bonds is 9. The molecule has 0 saturated carbocycles. The lowest BCUT2D eigenvalue weighted by molar-refractivity contribution is 0.0777. The van der Waals surface area contributed by atoms with E-state index in [0.717, 1.165) is 24.7 Å². The molecule has 0 aliphatic carbocycles. The van der Waals surface area contributed by atoms with Crippen molar-refractivity contribution in [2.45, 2.75) is 30.7 Å². The molecule has 1 N–H and O–H groups in total. The second-order valence-corrected chi connectivity index (χ2v) is 10.1. The number of ether oxygens (including phenoxy) is 1.